The van der Waals surface area contributed by atoms with Gasteiger partial charge in [0.2, 0.25) is 0 Å². The Kier molecular flexibility index (Phi) is 5.00. The molecule has 0 unspecified atom stereocenters. The van der Waals surface area contributed by atoms with Crippen molar-refractivity contribution in [1.82, 2.24) is 24.1 Å². The third-order valence-electron chi connectivity index (χ3n) is 6.24. The van der Waals surface area contributed by atoms with Crippen LogP contribution in [0.25, 0.3) is 38.9 Å². The highest BCUT2D eigenvalue weighted by Gasteiger charge is 2.22. The zero-order valence-corrected chi connectivity index (χ0v) is 19.0. The number of aromatic nitrogens is 5. The Morgan fingerprint density at radius 2 is 1.62 bits per heavy atom. The maximum absolute atomic E-state index is 13.8. The summed E-state index contributed by atoms with van der Waals surface area (Å²) in [6, 6.07) is 14.1. The summed E-state index contributed by atoms with van der Waals surface area (Å²) in [7, 11) is 0. The molecule has 3 heterocycles. The van der Waals surface area contributed by atoms with E-state index in [2.05, 4.69) is 39.0 Å². The number of hydrogen-bond acceptors (Lipinski definition) is 4. The minimum atomic E-state index is -0.0301. The van der Waals surface area contributed by atoms with Gasteiger partial charge in [-0.2, -0.15) is 0 Å². The van der Waals surface area contributed by atoms with Crippen LogP contribution in [0.3, 0.4) is 0 Å². The summed E-state index contributed by atoms with van der Waals surface area (Å²) in [5.74, 6) is 0.799. The van der Waals surface area contributed by atoms with Crippen LogP contribution >= 0.6 is 0 Å². The van der Waals surface area contributed by atoms with Gasteiger partial charge in [-0.1, -0.05) is 38.5 Å². The number of hydrogen-bond donors (Lipinski definition) is 0. The van der Waals surface area contributed by atoms with Gasteiger partial charge in [0.1, 0.15) is 16.7 Å². The van der Waals surface area contributed by atoms with Gasteiger partial charge < -0.3 is 0 Å². The van der Waals surface area contributed by atoms with Crippen molar-refractivity contribution in [2.75, 3.05) is 0 Å². The summed E-state index contributed by atoms with van der Waals surface area (Å²) < 4.78 is 3.83. The monoisotopic (exact) mass is 425 g/mol. The first-order valence-corrected chi connectivity index (χ1v) is 11.3. The quantitative estimate of drug-likeness (QED) is 0.385. The summed E-state index contributed by atoms with van der Waals surface area (Å²) in [6.45, 7) is 9.03. The van der Waals surface area contributed by atoms with E-state index in [4.69, 9.17) is 15.0 Å². The first-order chi connectivity index (χ1) is 15.5. The number of nitrogens with zero attached hydrogens (tertiary/aromatic N) is 5. The molecule has 5 aromatic rings. The van der Waals surface area contributed by atoms with Gasteiger partial charge in [-0.05, 0) is 55.7 Å². The van der Waals surface area contributed by atoms with Crippen molar-refractivity contribution >= 4 is 33.2 Å². The number of unbranched alkanes of at least 4 members (excludes halogenated alkanes) is 1. The number of rotatable bonds is 5. The maximum atomic E-state index is 13.8. The van der Waals surface area contributed by atoms with Gasteiger partial charge in [0, 0.05) is 18.7 Å². The fraction of sp³-hybridized carbons (Fsp3) is 0.308. The molecule has 0 saturated heterocycles. The lowest BCUT2D eigenvalue weighted by Gasteiger charge is -2.12. The summed E-state index contributed by atoms with van der Waals surface area (Å²) >= 11 is 0. The molecule has 0 aliphatic heterocycles. The third-order valence-corrected chi connectivity index (χ3v) is 6.24. The lowest BCUT2D eigenvalue weighted by molar-refractivity contribution is 0.579. The zero-order chi connectivity index (χ0) is 22.4. The van der Waals surface area contributed by atoms with E-state index >= 15 is 0 Å². The van der Waals surface area contributed by atoms with Gasteiger partial charge in [-0.3, -0.25) is 13.9 Å². The van der Waals surface area contributed by atoms with Crippen LogP contribution in [0.1, 0.15) is 43.6 Å². The molecule has 0 saturated carbocycles. The molecule has 0 fully saturated rings. The van der Waals surface area contributed by atoms with Crippen LogP contribution in [0, 0.1) is 13.8 Å². The standard InChI is InChI=1S/C26H27N5O/c1-5-7-14-30-21(6-2)29-24-22(26(30)32)23-25(28-20-11-9-8-10-19(20)27-23)31(24)18-13-12-16(3)17(4)15-18/h8-13,15H,5-7,14H2,1-4H3. The van der Waals surface area contributed by atoms with Gasteiger partial charge in [0.15, 0.2) is 11.3 Å². The molecule has 3 aromatic heterocycles. The molecule has 2 aromatic carbocycles. The van der Waals surface area contributed by atoms with E-state index in [1.54, 1.807) is 0 Å². The van der Waals surface area contributed by atoms with Crippen LogP contribution in [-0.2, 0) is 13.0 Å². The van der Waals surface area contributed by atoms with E-state index in [9.17, 15) is 4.79 Å². The third kappa shape index (κ3) is 3.09. The lowest BCUT2D eigenvalue weighted by Crippen LogP contribution is -2.25. The van der Waals surface area contributed by atoms with Crippen LogP contribution in [-0.4, -0.2) is 24.1 Å². The molecule has 0 aliphatic carbocycles. The van der Waals surface area contributed by atoms with E-state index in [0.29, 0.717) is 35.2 Å². The Bertz CT molecular complexity index is 1540. The number of aryl methyl sites for hydroxylation is 3. The van der Waals surface area contributed by atoms with Crippen molar-refractivity contribution in [2.45, 2.75) is 53.5 Å². The highest BCUT2D eigenvalue weighted by molar-refractivity contribution is 6.05. The van der Waals surface area contributed by atoms with Crippen molar-refractivity contribution in [3.05, 3.63) is 69.8 Å². The molecule has 6 heteroatoms. The molecular weight excluding hydrogens is 398 g/mol. The first-order valence-electron chi connectivity index (χ1n) is 11.3. The largest absolute Gasteiger partial charge is 0.296 e. The van der Waals surface area contributed by atoms with Crippen molar-refractivity contribution in [3.63, 3.8) is 0 Å². The van der Waals surface area contributed by atoms with Gasteiger partial charge in [-0.15, -0.1) is 0 Å². The molecule has 0 radical (unpaired) electrons. The zero-order valence-electron chi connectivity index (χ0n) is 19.0. The van der Waals surface area contributed by atoms with Crippen molar-refractivity contribution < 1.29 is 0 Å². The van der Waals surface area contributed by atoms with Crippen LogP contribution < -0.4 is 5.56 Å². The van der Waals surface area contributed by atoms with Crippen molar-refractivity contribution in [1.29, 1.82) is 0 Å². The molecule has 162 valence electrons. The van der Waals surface area contributed by atoms with Crippen LogP contribution in [0.5, 0.6) is 0 Å². The highest BCUT2D eigenvalue weighted by atomic mass is 16.1. The Morgan fingerprint density at radius 3 is 2.31 bits per heavy atom. The van der Waals surface area contributed by atoms with E-state index < -0.39 is 0 Å². The number of benzene rings is 2. The molecule has 0 atom stereocenters. The highest BCUT2D eigenvalue weighted by Crippen LogP contribution is 2.29. The lowest BCUT2D eigenvalue weighted by atomic mass is 10.1. The van der Waals surface area contributed by atoms with Crippen molar-refractivity contribution in [2.24, 2.45) is 0 Å². The Balaban J connectivity index is 1.97. The Labute approximate surface area is 186 Å². The molecule has 5 rings (SSSR count). The average molecular weight is 426 g/mol. The van der Waals surface area contributed by atoms with E-state index in [-0.39, 0.29) is 5.56 Å². The first kappa shape index (κ1) is 20.4. The minimum Gasteiger partial charge on any atom is -0.296 e. The Hall–Kier alpha value is -3.54. The molecule has 0 bridgehead atoms. The molecule has 0 amide bonds. The van der Waals surface area contributed by atoms with Gasteiger partial charge in [0.25, 0.3) is 5.56 Å². The smallest absolute Gasteiger partial charge is 0.265 e. The maximum Gasteiger partial charge on any atom is 0.265 e. The summed E-state index contributed by atoms with van der Waals surface area (Å²) in [6.07, 6.45) is 2.64. The fourth-order valence-electron chi connectivity index (χ4n) is 4.30. The Morgan fingerprint density at radius 1 is 0.875 bits per heavy atom. The predicted molar refractivity (Wildman–Crippen MR) is 130 cm³/mol. The number of fused-ring (bicyclic) bond motifs is 4. The summed E-state index contributed by atoms with van der Waals surface area (Å²) in [4.78, 5) is 28.6. The van der Waals surface area contributed by atoms with E-state index in [0.717, 1.165) is 35.4 Å². The van der Waals surface area contributed by atoms with Crippen LogP contribution in [0.15, 0.2) is 47.3 Å². The molecule has 6 nitrogen and oxygen atoms in total. The predicted octanol–water partition coefficient (Wildman–Crippen LogP) is 5.26. The minimum absolute atomic E-state index is 0.0301. The molecular formula is C26H27N5O. The van der Waals surface area contributed by atoms with E-state index in [1.807, 2.05) is 40.3 Å². The summed E-state index contributed by atoms with van der Waals surface area (Å²) in [5.41, 5.74) is 6.80. The second-order valence-electron chi connectivity index (χ2n) is 8.38. The topological polar surface area (TPSA) is 65.6 Å². The summed E-state index contributed by atoms with van der Waals surface area (Å²) in [5, 5.41) is 0.546. The van der Waals surface area contributed by atoms with Crippen LogP contribution in [0.2, 0.25) is 0 Å². The van der Waals surface area contributed by atoms with Gasteiger partial charge in [0.05, 0.1) is 11.0 Å². The van der Waals surface area contributed by atoms with E-state index in [1.165, 1.54) is 11.1 Å². The normalized spacial score (nSPS) is 11.8. The number of para-hydroxylation sites is 2. The molecule has 0 N–H and O–H groups in total. The van der Waals surface area contributed by atoms with Crippen molar-refractivity contribution in [3.8, 4) is 5.69 Å². The second kappa shape index (κ2) is 7.86. The second-order valence-corrected chi connectivity index (χ2v) is 8.38. The average Bonchev–Trinajstić information content (AvgIpc) is 3.11. The fourth-order valence-corrected chi connectivity index (χ4v) is 4.30. The molecule has 32 heavy (non-hydrogen) atoms. The van der Waals surface area contributed by atoms with Gasteiger partial charge in [-0.25, -0.2) is 15.0 Å². The van der Waals surface area contributed by atoms with Crippen LogP contribution in [0.4, 0.5) is 0 Å². The van der Waals surface area contributed by atoms with Gasteiger partial charge >= 0.3 is 0 Å². The SMILES string of the molecule is CCCCn1c(CC)nc2c(c1=O)c1nc3ccccc3nc1n2-c1ccc(C)c(C)c1. The molecule has 0 spiro atoms. The molecule has 0 aliphatic rings.